The number of nitrogens with one attached hydrogen (secondary N) is 1. The number of para-hydroxylation sites is 1. The van der Waals surface area contributed by atoms with Crippen LogP contribution in [0.2, 0.25) is 0 Å². The predicted octanol–water partition coefficient (Wildman–Crippen LogP) is 1.46. The van der Waals surface area contributed by atoms with Gasteiger partial charge in [0, 0.05) is 44.3 Å². The second-order valence-corrected chi connectivity index (χ2v) is 5.89. The maximum absolute atomic E-state index is 12.3. The van der Waals surface area contributed by atoms with E-state index in [2.05, 4.69) is 4.98 Å². The van der Waals surface area contributed by atoms with Crippen LogP contribution in [-0.4, -0.2) is 20.7 Å². The minimum absolute atomic E-state index is 0.0220. The highest BCUT2D eigenvalue weighted by molar-refractivity contribution is 5.83. The zero-order valence-electron chi connectivity index (χ0n) is 14.4. The molecule has 2 aromatic heterocycles. The SMILES string of the molecule is CCN(Cc1c[nH]c2ccccc12)c1c(C#N)c(=O)n(C)c(=O)n1C. The van der Waals surface area contributed by atoms with Gasteiger partial charge in [-0.15, -0.1) is 0 Å². The number of nitrogens with zero attached hydrogens (tertiary/aromatic N) is 4. The van der Waals surface area contributed by atoms with E-state index in [1.807, 2.05) is 48.4 Å². The van der Waals surface area contributed by atoms with E-state index >= 15 is 0 Å². The standard InChI is InChI=1S/C18H19N5O2/c1-4-23(11-12-10-20-15-8-6-5-7-13(12)15)16-14(9-19)17(24)22(3)18(25)21(16)2/h5-8,10,20H,4,11H2,1-3H3. The molecule has 0 atom stereocenters. The van der Waals surface area contributed by atoms with Crippen LogP contribution in [0.5, 0.6) is 0 Å². The van der Waals surface area contributed by atoms with E-state index in [1.165, 1.54) is 11.6 Å². The molecular formula is C18H19N5O2. The molecule has 0 radical (unpaired) electrons. The molecule has 0 spiro atoms. The van der Waals surface area contributed by atoms with Crippen LogP contribution in [0.3, 0.4) is 0 Å². The fourth-order valence-electron chi connectivity index (χ4n) is 3.11. The highest BCUT2D eigenvalue weighted by atomic mass is 16.2. The second-order valence-electron chi connectivity index (χ2n) is 5.89. The minimum atomic E-state index is -0.571. The van der Waals surface area contributed by atoms with E-state index in [0.29, 0.717) is 18.9 Å². The van der Waals surface area contributed by atoms with Crippen LogP contribution >= 0.6 is 0 Å². The summed E-state index contributed by atoms with van der Waals surface area (Å²) in [5, 5.41) is 10.5. The van der Waals surface area contributed by atoms with Crippen molar-refractivity contribution < 1.29 is 0 Å². The topological polar surface area (TPSA) is 86.8 Å². The molecular weight excluding hydrogens is 318 g/mol. The maximum atomic E-state index is 12.3. The van der Waals surface area contributed by atoms with Gasteiger partial charge in [-0.2, -0.15) is 5.26 Å². The summed E-state index contributed by atoms with van der Waals surface area (Å²) in [4.78, 5) is 29.7. The molecule has 1 N–H and O–H groups in total. The number of nitriles is 1. The van der Waals surface area contributed by atoms with Gasteiger partial charge < -0.3 is 9.88 Å². The second kappa shape index (κ2) is 6.32. The molecule has 0 saturated heterocycles. The molecule has 25 heavy (non-hydrogen) atoms. The molecule has 3 rings (SSSR count). The molecule has 0 aliphatic carbocycles. The van der Waals surface area contributed by atoms with Crippen molar-refractivity contribution in [1.82, 2.24) is 14.1 Å². The molecule has 0 amide bonds. The number of aromatic amines is 1. The van der Waals surface area contributed by atoms with Crippen LogP contribution in [0.1, 0.15) is 18.1 Å². The lowest BCUT2D eigenvalue weighted by atomic mass is 10.1. The van der Waals surface area contributed by atoms with Crippen LogP contribution in [-0.2, 0) is 20.6 Å². The number of benzene rings is 1. The first-order valence-corrected chi connectivity index (χ1v) is 7.99. The van der Waals surface area contributed by atoms with Crippen molar-refractivity contribution in [1.29, 1.82) is 5.26 Å². The number of anilines is 1. The average molecular weight is 337 g/mol. The minimum Gasteiger partial charge on any atom is -0.361 e. The van der Waals surface area contributed by atoms with Gasteiger partial charge in [0.05, 0.1) is 0 Å². The highest BCUT2D eigenvalue weighted by Crippen LogP contribution is 2.23. The fraction of sp³-hybridized carbons (Fsp3) is 0.278. The summed E-state index contributed by atoms with van der Waals surface area (Å²) in [5.41, 5.74) is 1.02. The molecule has 7 nitrogen and oxygen atoms in total. The third kappa shape index (κ3) is 2.62. The van der Waals surface area contributed by atoms with E-state index in [-0.39, 0.29) is 5.56 Å². The first kappa shape index (κ1) is 16.6. The predicted molar refractivity (Wildman–Crippen MR) is 96.7 cm³/mol. The monoisotopic (exact) mass is 337 g/mol. The maximum Gasteiger partial charge on any atom is 0.332 e. The van der Waals surface area contributed by atoms with Crippen molar-refractivity contribution in [3.8, 4) is 6.07 Å². The number of hydrogen-bond acceptors (Lipinski definition) is 4. The van der Waals surface area contributed by atoms with Crippen molar-refractivity contribution in [2.45, 2.75) is 13.5 Å². The Morgan fingerprint density at radius 2 is 1.92 bits per heavy atom. The number of rotatable bonds is 4. The summed E-state index contributed by atoms with van der Waals surface area (Å²) in [6, 6.07) is 9.89. The Balaban J connectivity index is 2.16. The Bertz CT molecular complexity index is 1100. The Labute approximate surface area is 144 Å². The highest BCUT2D eigenvalue weighted by Gasteiger charge is 2.21. The van der Waals surface area contributed by atoms with Crippen LogP contribution in [0, 0.1) is 11.3 Å². The van der Waals surface area contributed by atoms with E-state index in [4.69, 9.17) is 0 Å². The van der Waals surface area contributed by atoms with Crippen LogP contribution < -0.4 is 16.1 Å². The van der Waals surface area contributed by atoms with E-state index in [9.17, 15) is 14.9 Å². The normalized spacial score (nSPS) is 10.8. The van der Waals surface area contributed by atoms with Crippen LogP contribution in [0.25, 0.3) is 10.9 Å². The molecule has 2 heterocycles. The molecule has 128 valence electrons. The Hall–Kier alpha value is -3.27. The van der Waals surface area contributed by atoms with Gasteiger partial charge in [-0.1, -0.05) is 18.2 Å². The van der Waals surface area contributed by atoms with Gasteiger partial charge in [-0.05, 0) is 18.6 Å². The first-order chi connectivity index (χ1) is 12.0. The summed E-state index contributed by atoms with van der Waals surface area (Å²) in [5.74, 6) is 0.350. The van der Waals surface area contributed by atoms with Crippen molar-refractivity contribution >= 4 is 16.7 Å². The smallest absolute Gasteiger partial charge is 0.332 e. The Morgan fingerprint density at radius 3 is 2.60 bits per heavy atom. The molecule has 3 aromatic rings. The molecule has 1 aromatic carbocycles. The van der Waals surface area contributed by atoms with Gasteiger partial charge in [0.25, 0.3) is 5.56 Å². The zero-order chi connectivity index (χ0) is 18.1. The quantitative estimate of drug-likeness (QED) is 0.781. The van der Waals surface area contributed by atoms with Gasteiger partial charge in [0.1, 0.15) is 11.9 Å². The number of aromatic nitrogens is 3. The first-order valence-electron chi connectivity index (χ1n) is 7.99. The van der Waals surface area contributed by atoms with Crippen LogP contribution in [0.4, 0.5) is 5.82 Å². The molecule has 0 aliphatic rings. The largest absolute Gasteiger partial charge is 0.361 e. The molecule has 0 bridgehead atoms. The van der Waals surface area contributed by atoms with Gasteiger partial charge in [-0.3, -0.25) is 13.9 Å². The Morgan fingerprint density at radius 1 is 1.20 bits per heavy atom. The summed E-state index contributed by atoms with van der Waals surface area (Å²) in [7, 11) is 2.96. The van der Waals surface area contributed by atoms with Gasteiger partial charge in [-0.25, -0.2) is 4.79 Å². The lowest BCUT2D eigenvalue weighted by Crippen LogP contribution is -2.42. The number of fused-ring (bicyclic) bond motifs is 1. The van der Waals surface area contributed by atoms with Gasteiger partial charge >= 0.3 is 5.69 Å². The fourth-order valence-corrected chi connectivity index (χ4v) is 3.11. The van der Waals surface area contributed by atoms with Gasteiger partial charge in [0.2, 0.25) is 0 Å². The van der Waals surface area contributed by atoms with E-state index < -0.39 is 11.2 Å². The van der Waals surface area contributed by atoms with Crippen molar-refractivity contribution in [2.24, 2.45) is 14.1 Å². The lowest BCUT2D eigenvalue weighted by molar-refractivity contribution is 0.656. The third-order valence-electron chi connectivity index (χ3n) is 4.46. The van der Waals surface area contributed by atoms with Crippen LogP contribution in [0.15, 0.2) is 40.1 Å². The van der Waals surface area contributed by atoms with E-state index in [1.54, 1.807) is 7.05 Å². The third-order valence-corrected chi connectivity index (χ3v) is 4.46. The molecule has 0 saturated carbocycles. The molecule has 0 fully saturated rings. The van der Waals surface area contributed by atoms with E-state index in [0.717, 1.165) is 21.0 Å². The Kier molecular flexibility index (Phi) is 4.19. The molecule has 0 unspecified atom stereocenters. The number of hydrogen-bond donors (Lipinski definition) is 1. The molecule has 7 heteroatoms. The number of H-pyrrole nitrogens is 1. The lowest BCUT2D eigenvalue weighted by Gasteiger charge is -2.26. The summed E-state index contributed by atoms with van der Waals surface area (Å²) < 4.78 is 2.32. The van der Waals surface area contributed by atoms with Crippen molar-refractivity contribution in [3.05, 3.63) is 62.4 Å². The average Bonchev–Trinajstić information content (AvgIpc) is 3.04. The summed E-state index contributed by atoms with van der Waals surface area (Å²) in [6.45, 7) is 2.96. The summed E-state index contributed by atoms with van der Waals surface area (Å²) in [6.07, 6.45) is 1.92. The summed E-state index contributed by atoms with van der Waals surface area (Å²) >= 11 is 0. The van der Waals surface area contributed by atoms with Gasteiger partial charge in [0.15, 0.2) is 5.56 Å². The zero-order valence-corrected chi connectivity index (χ0v) is 14.4. The van der Waals surface area contributed by atoms with Crippen molar-refractivity contribution in [3.63, 3.8) is 0 Å². The molecule has 0 aliphatic heterocycles. The van der Waals surface area contributed by atoms with Crippen molar-refractivity contribution in [2.75, 3.05) is 11.4 Å².